The number of methoxy groups -OCH3 is 1. The highest BCUT2D eigenvalue weighted by atomic mass is 16.5. The van der Waals surface area contributed by atoms with Gasteiger partial charge in [-0.2, -0.15) is 0 Å². The molecule has 2 N–H and O–H groups in total. The highest BCUT2D eigenvalue weighted by molar-refractivity contribution is 6.07. The molecule has 0 saturated heterocycles. The summed E-state index contributed by atoms with van der Waals surface area (Å²) >= 11 is 0. The molecule has 1 atom stereocenters. The predicted molar refractivity (Wildman–Crippen MR) is 138 cm³/mol. The second-order valence-electron chi connectivity index (χ2n) is 9.86. The van der Waals surface area contributed by atoms with Crippen LogP contribution in [0.25, 0.3) is 0 Å². The second-order valence-corrected chi connectivity index (χ2v) is 9.86. The summed E-state index contributed by atoms with van der Waals surface area (Å²) in [4.78, 5) is 46.1. The summed E-state index contributed by atoms with van der Waals surface area (Å²) in [5, 5.41) is 6.01. The number of rotatable bonds is 10. The molecule has 1 aliphatic carbocycles. The van der Waals surface area contributed by atoms with E-state index < -0.39 is 11.4 Å². The summed E-state index contributed by atoms with van der Waals surface area (Å²) in [6.45, 7) is 7.01. The van der Waals surface area contributed by atoms with Gasteiger partial charge >= 0.3 is 0 Å². The molecule has 200 valence electrons. The van der Waals surface area contributed by atoms with E-state index in [4.69, 9.17) is 9.47 Å². The van der Waals surface area contributed by atoms with Crippen LogP contribution in [0.2, 0.25) is 0 Å². The SMILES string of the molecule is CCCN1C(=O)c2c(C(=O)NCc3ccc(OC)c(OCC)c3)ncn2C[C@@]1(C)C(=O)NC1CCCC1. The van der Waals surface area contributed by atoms with Gasteiger partial charge in [0.15, 0.2) is 17.2 Å². The summed E-state index contributed by atoms with van der Waals surface area (Å²) in [6, 6.07) is 5.59. The number of nitrogens with one attached hydrogen (secondary N) is 2. The van der Waals surface area contributed by atoms with Crippen molar-refractivity contribution in [1.29, 1.82) is 0 Å². The minimum atomic E-state index is -1.06. The molecule has 3 amide bonds. The molecule has 37 heavy (non-hydrogen) atoms. The topological polar surface area (TPSA) is 115 Å². The van der Waals surface area contributed by atoms with Crippen molar-refractivity contribution >= 4 is 17.7 Å². The van der Waals surface area contributed by atoms with Gasteiger partial charge in [-0.25, -0.2) is 4.98 Å². The van der Waals surface area contributed by atoms with E-state index in [9.17, 15) is 14.4 Å². The molecule has 10 heteroatoms. The van der Waals surface area contributed by atoms with Crippen LogP contribution in [0.15, 0.2) is 24.5 Å². The first-order valence-corrected chi connectivity index (χ1v) is 13.1. The Bertz CT molecular complexity index is 1160. The lowest BCUT2D eigenvalue weighted by atomic mass is 9.93. The normalized spacial score (nSPS) is 19.5. The fourth-order valence-electron chi connectivity index (χ4n) is 5.20. The highest BCUT2D eigenvalue weighted by Gasteiger charge is 2.48. The van der Waals surface area contributed by atoms with Gasteiger partial charge in [0.05, 0.1) is 26.6 Å². The smallest absolute Gasteiger partial charge is 0.273 e. The van der Waals surface area contributed by atoms with Crippen molar-refractivity contribution in [3.8, 4) is 11.5 Å². The van der Waals surface area contributed by atoms with E-state index in [2.05, 4.69) is 15.6 Å². The van der Waals surface area contributed by atoms with Gasteiger partial charge in [-0.15, -0.1) is 0 Å². The van der Waals surface area contributed by atoms with Crippen molar-refractivity contribution in [2.24, 2.45) is 0 Å². The van der Waals surface area contributed by atoms with Crippen LogP contribution in [0.4, 0.5) is 0 Å². The third-order valence-electron chi connectivity index (χ3n) is 7.18. The van der Waals surface area contributed by atoms with Crippen molar-refractivity contribution in [3.05, 3.63) is 41.5 Å². The Morgan fingerprint density at radius 1 is 1.19 bits per heavy atom. The molecular weight excluding hydrogens is 474 g/mol. The van der Waals surface area contributed by atoms with Crippen molar-refractivity contribution < 1.29 is 23.9 Å². The van der Waals surface area contributed by atoms with Crippen LogP contribution < -0.4 is 20.1 Å². The molecule has 0 bridgehead atoms. The van der Waals surface area contributed by atoms with Crippen LogP contribution in [-0.2, 0) is 17.9 Å². The van der Waals surface area contributed by atoms with Crippen LogP contribution in [0.5, 0.6) is 11.5 Å². The zero-order chi connectivity index (χ0) is 26.6. The van der Waals surface area contributed by atoms with E-state index in [1.54, 1.807) is 29.6 Å². The number of benzene rings is 1. The zero-order valence-electron chi connectivity index (χ0n) is 22.1. The third kappa shape index (κ3) is 5.28. The zero-order valence-corrected chi connectivity index (χ0v) is 22.1. The maximum absolute atomic E-state index is 13.7. The second kappa shape index (κ2) is 11.2. The minimum Gasteiger partial charge on any atom is -0.493 e. The predicted octanol–water partition coefficient (Wildman–Crippen LogP) is 2.90. The molecule has 1 aromatic carbocycles. The van der Waals surface area contributed by atoms with Crippen LogP contribution in [0.1, 0.15) is 79.4 Å². The van der Waals surface area contributed by atoms with E-state index in [-0.39, 0.29) is 42.3 Å². The molecule has 1 fully saturated rings. The monoisotopic (exact) mass is 511 g/mol. The number of carbonyl (C=O) groups is 3. The van der Waals surface area contributed by atoms with Crippen LogP contribution >= 0.6 is 0 Å². The standard InChI is InChI=1S/C27H37N5O5/c1-5-13-32-25(34)23-22(24(33)28-15-18-11-12-20(36-4)21(14-18)37-6-2)29-17-31(23)16-27(32,3)26(35)30-19-9-7-8-10-19/h11-12,14,17,19H,5-10,13,15-16H2,1-4H3,(H,28,33)(H,30,35)/t27-/m0/s1. The lowest BCUT2D eigenvalue weighted by molar-refractivity contribution is -0.133. The first-order chi connectivity index (χ1) is 17.8. The van der Waals surface area contributed by atoms with Gasteiger partial charge in [-0.1, -0.05) is 25.8 Å². The number of imidazole rings is 1. The number of carbonyl (C=O) groups excluding carboxylic acids is 3. The average molecular weight is 512 g/mol. The molecule has 1 saturated carbocycles. The molecule has 2 heterocycles. The number of ether oxygens (including phenoxy) is 2. The third-order valence-corrected chi connectivity index (χ3v) is 7.18. The summed E-state index contributed by atoms with van der Waals surface area (Å²) in [7, 11) is 1.57. The summed E-state index contributed by atoms with van der Waals surface area (Å²) in [6.07, 6.45) is 6.30. The van der Waals surface area contributed by atoms with Crippen LogP contribution in [0.3, 0.4) is 0 Å². The minimum absolute atomic E-state index is 0.0582. The maximum Gasteiger partial charge on any atom is 0.273 e. The van der Waals surface area contributed by atoms with Gasteiger partial charge in [0.25, 0.3) is 11.8 Å². The Hall–Kier alpha value is -3.56. The van der Waals surface area contributed by atoms with E-state index in [1.807, 2.05) is 26.0 Å². The quantitative estimate of drug-likeness (QED) is 0.507. The largest absolute Gasteiger partial charge is 0.493 e. The average Bonchev–Trinajstić information content (AvgIpc) is 3.55. The van der Waals surface area contributed by atoms with Crippen molar-refractivity contribution in [2.45, 2.75) is 77.5 Å². The number of fused-ring (bicyclic) bond motifs is 1. The molecule has 0 radical (unpaired) electrons. The van der Waals surface area contributed by atoms with Crippen molar-refractivity contribution in [1.82, 2.24) is 25.1 Å². The highest BCUT2D eigenvalue weighted by Crippen LogP contribution is 2.31. The Morgan fingerprint density at radius 2 is 1.95 bits per heavy atom. The lowest BCUT2D eigenvalue weighted by Crippen LogP contribution is -2.65. The fraction of sp³-hybridized carbons (Fsp3) is 0.556. The van der Waals surface area contributed by atoms with Crippen molar-refractivity contribution in [3.63, 3.8) is 0 Å². The maximum atomic E-state index is 13.7. The van der Waals surface area contributed by atoms with Gasteiger partial charge in [-0.05, 0) is 50.8 Å². The molecule has 10 nitrogen and oxygen atoms in total. The first kappa shape index (κ1) is 26.5. The molecular formula is C27H37N5O5. The summed E-state index contributed by atoms with van der Waals surface area (Å²) < 4.78 is 12.6. The number of aromatic nitrogens is 2. The van der Waals surface area contributed by atoms with Crippen molar-refractivity contribution in [2.75, 3.05) is 20.3 Å². The Kier molecular flexibility index (Phi) is 8.04. The molecule has 2 aliphatic rings. The van der Waals surface area contributed by atoms with E-state index in [0.29, 0.717) is 31.1 Å². The van der Waals surface area contributed by atoms with Gasteiger partial charge in [-0.3, -0.25) is 14.4 Å². The first-order valence-electron chi connectivity index (χ1n) is 13.1. The number of hydrogen-bond donors (Lipinski definition) is 2. The van der Waals surface area contributed by atoms with E-state index in [1.165, 1.54) is 6.33 Å². The van der Waals surface area contributed by atoms with Gasteiger partial charge in [0, 0.05) is 19.1 Å². The van der Waals surface area contributed by atoms with Gasteiger partial charge in [0.2, 0.25) is 5.91 Å². The summed E-state index contributed by atoms with van der Waals surface area (Å²) in [5.74, 6) is 0.240. The molecule has 1 aliphatic heterocycles. The number of nitrogens with zero attached hydrogens (tertiary/aromatic N) is 3. The fourth-order valence-corrected chi connectivity index (χ4v) is 5.20. The van der Waals surface area contributed by atoms with Crippen LogP contribution in [-0.4, -0.2) is 64.0 Å². The lowest BCUT2D eigenvalue weighted by Gasteiger charge is -2.44. The van der Waals surface area contributed by atoms with Gasteiger partial charge in [0.1, 0.15) is 11.2 Å². The molecule has 2 aromatic rings. The number of amides is 3. The Balaban J connectivity index is 1.53. The number of hydrogen-bond acceptors (Lipinski definition) is 6. The molecule has 0 spiro atoms. The molecule has 4 rings (SSSR count). The van der Waals surface area contributed by atoms with Crippen LogP contribution in [0, 0.1) is 0 Å². The van der Waals surface area contributed by atoms with E-state index in [0.717, 1.165) is 31.2 Å². The Labute approximate surface area is 217 Å². The van der Waals surface area contributed by atoms with E-state index >= 15 is 0 Å². The summed E-state index contributed by atoms with van der Waals surface area (Å²) in [5.41, 5.74) is 0.0288. The molecule has 1 aromatic heterocycles. The van der Waals surface area contributed by atoms with Gasteiger partial charge < -0.3 is 29.6 Å². The molecule has 0 unspecified atom stereocenters. The Morgan fingerprint density at radius 3 is 2.62 bits per heavy atom.